The molecule has 1 aliphatic carbocycles. The predicted molar refractivity (Wildman–Crippen MR) is 37.4 cm³/mol. The van der Waals surface area contributed by atoms with Crippen molar-refractivity contribution in [2.75, 3.05) is 7.11 Å². The molecule has 0 atom stereocenters. The third-order valence-corrected chi connectivity index (χ3v) is 2.41. The molecule has 57 valence electrons. The van der Waals surface area contributed by atoms with Crippen LogP contribution in [0.3, 0.4) is 0 Å². The normalized spacial score (nSPS) is 15.6. The molecule has 0 N–H and O–H groups in total. The van der Waals surface area contributed by atoms with Crippen LogP contribution in [0.25, 0.3) is 0 Å². The number of rotatable bonds is 2. The Bertz CT molecular complexity index is 228. The number of hydrogen-bond acceptors (Lipinski definition) is 2. The van der Waals surface area contributed by atoms with Gasteiger partial charge in [-0.1, -0.05) is 0 Å². The Balaban J connectivity index is 2.55. The summed E-state index contributed by atoms with van der Waals surface area (Å²) in [5, 5.41) is 0. The van der Waals surface area contributed by atoms with Crippen LogP contribution in [-0.2, 0) is 30.0 Å². The maximum absolute atomic E-state index is 10.8. The van der Waals surface area contributed by atoms with Gasteiger partial charge in [-0.15, -0.1) is 0 Å². The zero-order valence-electron chi connectivity index (χ0n) is 6.39. The van der Waals surface area contributed by atoms with Crippen molar-refractivity contribution in [3.8, 4) is 0 Å². The summed E-state index contributed by atoms with van der Waals surface area (Å²) in [6.45, 7) is 0. The summed E-state index contributed by atoms with van der Waals surface area (Å²) in [6, 6.07) is 0. The van der Waals surface area contributed by atoms with E-state index >= 15 is 0 Å². The molecule has 0 aliphatic heterocycles. The zero-order valence-corrected chi connectivity index (χ0v) is 7.95. The van der Waals surface area contributed by atoms with Gasteiger partial charge in [-0.05, 0) is 0 Å². The molecule has 1 rings (SSSR count). The van der Waals surface area contributed by atoms with Crippen molar-refractivity contribution in [2.24, 2.45) is 0 Å². The quantitative estimate of drug-likeness (QED) is 0.478. The van der Waals surface area contributed by atoms with Crippen molar-refractivity contribution in [3.05, 3.63) is 21.6 Å². The first-order valence-electron chi connectivity index (χ1n) is 3.41. The fraction of sp³-hybridized carbons (Fsp3) is 0.375. The van der Waals surface area contributed by atoms with Gasteiger partial charge in [0.15, 0.2) is 0 Å². The maximum atomic E-state index is 10.8. The van der Waals surface area contributed by atoms with Crippen molar-refractivity contribution in [2.45, 2.75) is 12.8 Å². The van der Waals surface area contributed by atoms with Crippen molar-refractivity contribution < 1.29 is 30.0 Å². The molecule has 0 saturated heterocycles. The van der Waals surface area contributed by atoms with Crippen LogP contribution in [0.4, 0.5) is 0 Å². The van der Waals surface area contributed by atoms with Gasteiger partial charge in [0.1, 0.15) is 0 Å². The van der Waals surface area contributed by atoms with E-state index in [0.29, 0.717) is 6.42 Å². The summed E-state index contributed by atoms with van der Waals surface area (Å²) < 4.78 is 5.83. The summed E-state index contributed by atoms with van der Waals surface area (Å²) in [5.41, 5.74) is 1.11. The van der Waals surface area contributed by atoms with Gasteiger partial charge >= 0.3 is 77.5 Å². The second-order valence-electron chi connectivity index (χ2n) is 2.36. The molecular formula is C8H9O2Ti. The van der Waals surface area contributed by atoms with Crippen molar-refractivity contribution in [1.29, 1.82) is 0 Å². The number of allylic oxidation sites excluding steroid dienone is 3. The van der Waals surface area contributed by atoms with Gasteiger partial charge in [0.2, 0.25) is 0 Å². The fourth-order valence-electron chi connectivity index (χ4n) is 0.944. The molecule has 0 unspecified atom stereocenters. The molecular weight excluding hydrogens is 176 g/mol. The summed E-state index contributed by atoms with van der Waals surface area (Å²) in [5.74, 6) is -0.161. The average molecular weight is 185 g/mol. The van der Waals surface area contributed by atoms with E-state index < -0.39 is 0 Å². The number of carbonyl (C=O) groups is 1. The average Bonchev–Trinajstić information content (AvgIpc) is 2.37. The SMILES string of the molecule is COC(=O)CC1=[C]([Ti])CC=C1. The van der Waals surface area contributed by atoms with Crippen LogP contribution < -0.4 is 0 Å². The van der Waals surface area contributed by atoms with Crippen molar-refractivity contribution in [1.82, 2.24) is 0 Å². The molecule has 0 fully saturated rings. The Morgan fingerprint density at radius 3 is 3.00 bits per heavy atom. The van der Waals surface area contributed by atoms with Crippen LogP contribution in [0.5, 0.6) is 0 Å². The van der Waals surface area contributed by atoms with Crippen molar-refractivity contribution >= 4 is 5.97 Å². The van der Waals surface area contributed by atoms with E-state index in [1.165, 1.54) is 11.0 Å². The van der Waals surface area contributed by atoms with E-state index in [0.717, 1.165) is 12.0 Å². The standard InChI is InChI=1S/C8H9O2.Ti/c1-10-8(9)6-7-4-2-3-5-7;/h2,4H,3,6H2,1H3;. The van der Waals surface area contributed by atoms with Gasteiger partial charge in [0.25, 0.3) is 0 Å². The minimum atomic E-state index is -0.161. The van der Waals surface area contributed by atoms with Gasteiger partial charge in [-0.2, -0.15) is 0 Å². The van der Waals surface area contributed by atoms with E-state index in [1.54, 1.807) is 0 Å². The van der Waals surface area contributed by atoms with Gasteiger partial charge in [-0.3, -0.25) is 0 Å². The Morgan fingerprint density at radius 2 is 2.55 bits per heavy atom. The van der Waals surface area contributed by atoms with Crippen LogP contribution in [0.2, 0.25) is 0 Å². The summed E-state index contributed by atoms with van der Waals surface area (Å²) in [6.07, 6.45) is 5.45. The molecule has 3 heteroatoms. The number of ether oxygens (including phenoxy) is 1. The molecule has 0 saturated carbocycles. The van der Waals surface area contributed by atoms with E-state index in [-0.39, 0.29) is 5.97 Å². The zero-order chi connectivity index (χ0) is 8.27. The predicted octanol–water partition coefficient (Wildman–Crippen LogP) is 1.31. The van der Waals surface area contributed by atoms with Crippen LogP contribution in [-0.4, -0.2) is 13.1 Å². The molecule has 2 nitrogen and oxygen atoms in total. The molecule has 0 spiro atoms. The Kier molecular flexibility index (Phi) is 3.09. The molecule has 0 radical (unpaired) electrons. The van der Waals surface area contributed by atoms with Gasteiger partial charge in [0, 0.05) is 0 Å². The molecule has 0 aromatic rings. The Hall–Kier alpha value is -0.336. The van der Waals surface area contributed by atoms with Crippen LogP contribution in [0.1, 0.15) is 12.8 Å². The second kappa shape index (κ2) is 3.89. The first-order chi connectivity index (χ1) is 5.24. The van der Waals surface area contributed by atoms with E-state index in [9.17, 15) is 4.79 Å². The summed E-state index contributed by atoms with van der Waals surface area (Å²) >= 11 is 2.04. The molecule has 0 aromatic heterocycles. The van der Waals surface area contributed by atoms with Gasteiger partial charge in [0.05, 0.1) is 0 Å². The van der Waals surface area contributed by atoms with Crippen LogP contribution >= 0.6 is 0 Å². The second-order valence-corrected chi connectivity index (χ2v) is 3.31. The monoisotopic (exact) mass is 185 g/mol. The third-order valence-electron chi connectivity index (χ3n) is 1.59. The summed E-state index contributed by atoms with van der Waals surface area (Å²) in [7, 11) is 1.41. The molecule has 1 aliphatic rings. The van der Waals surface area contributed by atoms with Gasteiger partial charge < -0.3 is 0 Å². The third kappa shape index (κ3) is 2.31. The van der Waals surface area contributed by atoms with E-state index in [4.69, 9.17) is 0 Å². The topological polar surface area (TPSA) is 26.3 Å². The van der Waals surface area contributed by atoms with Crippen LogP contribution in [0, 0.1) is 0 Å². The Morgan fingerprint density at radius 1 is 1.82 bits per heavy atom. The van der Waals surface area contributed by atoms with Crippen LogP contribution in [0.15, 0.2) is 21.6 Å². The molecule has 0 bridgehead atoms. The summed E-state index contributed by atoms with van der Waals surface area (Å²) in [4.78, 5) is 10.8. The van der Waals surface area contributed by atoms with Gasteiger partial charge in [-0.25, -0.2) is 0 Å². The number of methoxy groups -OCH3 is 1. The van der Waals surface area contributed by atoms with E-state index in [1.807, 2.05) is 26.5 Å². The molecule has 0 amide bonds. The molecule has 0 aromatic carbocycles. The number of carbonyl (C=O) groups excluding carboxylic acids is 1. The minimum absolute atomic E-state index is 0.161. The number of hydrogen-bond donors (Lipinski definition) is 0. The first-order valence-corrected chi connectivity index (χ1v) is 4.19. The molecule has 11 heavy (non-hydrogen) atoms. The van der Waals surface area contributed by atoms with E-state index in [2.05, 4.69) is 10.8 Å². The fourth-order valence-corrected chi connectivity index (χ4v) is 1.40. The first kappa shape index (κ1) is 8.76. The van der Waals surface area contributed by atoms with Crippen molar-refractivity contribution in [3.63, 3.8) is 0 Å². The Labute approximate surface area is 77.7 Å². The molecule has 0 heterocycles. The number of esters is 1.